The maximum Gasteiger partial charge on any atom is 0.0736 e. The number of hydrogen-bond donors (Lipinski definition) is 0. The number of aliphatic imine (C=N–C) groups is 1. The molecule has 0 aliphatic carbocycles. The largest absolute Gasteiger partial charge is 0.309 e. The van der Waals surface area contributed by atoms with Crippen molar-refractivity contribution in [2.45, 2.75) is 18.9 Å². The Morgan fingerprint density at radius 2 is 1.62 bits per heavy atom. The molecule has 2 aromatic rings. The van der Waals surface area contributed by atoms with Gasteiger partial charge < -0.3 is 4.90 Å². The van der Waals surface area contributed by atoms with Crippen LogP contribution in [0.5, 0.6) is 0 Å². The van der Waals surface area contributed by atoms with E-state index >= 15 is 0 Å². The van der Waals surface area contributed by atoms with Gasteiger partial charge in [-0.15, -0.1) is 24.8 Å². The summed E-state index contributed by atoms with van der Waals surface area (Å²) in [7, 11) is 4.24. The molecule has 0 N–H and O–H groups in total. The number of nitrogens with zero attached hydrogens (tertiary/aromatic N) is 2. The molecular weight excluding hydrogens is 407 g/mol. The van der Waals surface area contributed by atoms with Gasteiger partial charge >= 0.3 is 0 Å². The van der Waals surface area contributed by atoms with E-state index in [0.29, 0.717) is 6.04 Å². The highest BCUT2D eigenvalue weighted by Gasteiger charge is 2.22. The molecule has 5 heteroatoms. The van der Waals surface area contributed by atoms with Crippen LogP contribution in [0.15, 0.2) is 58.0 Å². The maximum absolute atomic E-state index is 5.09. The molecule has 0 aromatic heterocycles. The zero-order chi connectivity index (χ0) is 15.5. The van der Waals surface area contributed by atoms with Gasteiger partial charge in [0.15, 0.2) is 0 Å². The molecule has 2 nitrogen and oxygen atoms in total. The van der Waals surface area contributed by atoms with E-state index in [1.165, 1.54) is 16.7 Å². The third-order valence-electron chi connectivity index (χ3n) is 4.08. The van der Waals surface area contributed by atoms with E-state index in [4.69, 9.17) is 4.99 Å². The zero-order valence-electron chi connectivity index (χ0n) is 13.9. The Morgan fingerprint density at radius 3 is 2.29 bits per heavy atom. The van der Waals surface area contributed by atoms with E-state index < -0.39 is 0 Å². The van der Waals surface area contributed by atoms with Gasteiger partial charge in [-0.1, -0.05) is 58.4 Å². The summed E-state index contributed by atoms with van der Waals surface area (Å²) in [4.78, 5) is 7.32. The van der Waals surface area contributed by atoms with Crippen molar-refractivity contribution in [2.24, 2.45) is 4.99 Å². The van der Waals surface area contributed by atoms with E-state index in [-0.39, 0.29) is 24.8 Å². The van der Waals surface area contributed by atoms with Gasteiger partial charge in [-0.25, -0.2) is 0 Å². The standard InChI is InChI=1S/C19H21BrN2.2ClH/c1-22(2)12-11-15-13-14-7-3-4-8-16(14)19(21-15)17-9-5-6-10-18(17)20;;/h3-10,15H,11-13H2,1-2H3;2*1H. The average Bonchev–Trinajstić information content (AvgIpc) is 2.53. The normalized spacial score (nSPS) is 15.8. The molecule has 1 unspecified atom stereocenters. The zero-order valence-corrected chi connectivity index (χ0v) is 17.1. The Kier molecular flexibility index (Phi) is 8.44. The molecule has 0 fully saturated rings. The molecule has 2 aromatic carbocycles. The summed E-state index contributed by atoms with van der Waals surface area (Å²) in [6, 6.07) is 17.4. The molecule has 1 heterocycles. The molecule has 1 atom stereocenters. The Labute approximate surface area is 165 Å². The van der Waals surface area contributed by atoms with E-state index in [1.54, 1.807) is 0 Å². The lowest BCUT2D eigenvalue weighted by atomic mass is 9.89. The molecular formula is C19H23BrCl2N2. The Balaban J connectivity index is 0.00000144. The van der Waals surface area contributed by atoms with Crippen molar-refractivity contribution in [3.8, 4) is 0 Å². The minimum Gasteiger partial charge on any atom is -0.309 e. The van der Waals surface area contributed by atoms with Crippen molar-refractivity contribution >= 4 is 46.5 Å². The second-order valence-corrected chi connectivity index (χ2v) is 6.92. The van der Waals surface area contributed by atoms with Gasteiger partial charge in [-0.2, -0.15) is 0 Å². The van der Waals surface area contributed by atoms with Gasteiger partial charge in [0.2, 0.25) is 0 Å². The highest BCUT2D eigenvalue weighted by Crippen LogP contribution is 2.28. The summed E-state index contributed by atoms with van der Waals surface area (Å²) in [6.45, 7) is 1.07. The van der Waals surface area contributed by atoms with Crippen LogP contribution in [0.3, 0.4) is 0 Å². The Bertz CT molecular complexity index is 701. The maximum atomic E-state index is 5.09. The summed E-state index contributed by atoms with van der Waals surface area (Å²) in [6.07, 6.45) is 2.13. The van der Waals surface area contributed by atoms with E-state index in [0.717, 1.165) is 29.6 Å². The summed E-state index contributed by atoms with van der Waals surface area (Å²) in [5.41, 5.74) is 4.99. The molecule has 0 saturated heterocycles. The average molecular weight is 430 g/mol. The van der Waals surface area contributed by atoms with Crippen molar-refractivity contribution in [1.29, 1.82) is 0 Å². The first-order chi connectivity index (χ1) is 10.6. The van der Waals surface area contributed by atoms with E-state index in [2.05, 4.69) is 77.4 Å². The van der Waals surface area contributed by atoms with Crippen molar-refractivity contribution in [3.63, 3.8) is 0 Å². The van der Waals surface area contributed by atoms with Gasteiger partial charge in [0.1, 0.15) is 0 Å². The van der Waals surface area contributed by atoms with Crippen molar-refractivity contribution < 1.29 is 0 Å². The first kappa shape index (κ1) is 21.2. The van der Waals surface area contributed by atoms with Crippen LogP contribution >= 0.6 is 40.7 Å². The predicted octanol–water partition coefficient (Wildman–Crippen LogP) is 5.01. The van der Waals surface area contributed by atoms with Crippen molar-refractivity contribution in [1.82, 2.24) is 4.90 Å². The molecule has 3 rings (SSSR count). The van der Waals surface area contributed by atoms with Crippen LogP contribution in [-0.2, 0) is 6.42 Å². The number of fused-ring (bicyclic) bond motifs is 1. The summed E-state index contributed by atoms with van der Waals surface area (Å²) >= 11 is 3.68. The smallest absolute Gasteiger partial charge is 0.0736 e. The highest BCUT2D eigenvalue weighted by molar-refractivity contribution is 9.10. The van der Waals surface area contributed by atoms with E-state index in [9.17, 15) is 0 Å². The predicted molar refractivity (Wildman–Crippen MR) is 111 cm³/mol. The fourth-order valence-electron chi connectivity index (χ4n) is 2.92. The monoisotopic (exact) mass is 428 g/mol. The van der Waals surface area contributed by atoms with Crippen LogP contribution in [0.2, 0.25) is 0 Å². The lowest BCUT2D eigenvalue weighted by Gasteiger charge is -2.25. The van der Waals surface area contributed by atoms with Crippen LogP contribution in [0, 0.1) is 0 Å². The molecule has 0 amide bonds. The Morgan fingerprint density at radius 1 is 1.00 bits per heavy atom. The second kappa shape index (κ2) is 9.57. The molecule has 1 aliphatic heterocycles. The van der Waals surface area contributed by atoms with Crippen LogP contribution in [0.1, 0.15) is 23.1 Å². The molecule has 24 heavy (non-hydrogen) atoms. The number of halogens is 3. The SMILES string of the molecule is CN(C)CCC1Cc2ccccc2C(c2ccccc2Br)=N1.Cl.Cl. The first-order valence-electron chi connectivity index (χ1n) is 7.71. The van der Waals surface area contributed by atoms with Crippen LogP contribution in [-0.4, -0.2) is 37.3 Å². The second-order valence-electron chi connectivity index (χ2n) is 6.06. The molecule has 0 bridgehead atoms. The third kappa shape index (κ3) is 4.82. The third-order valence-corrected chi connectivity index (χ3v) is 4.77. The fourth-order valence-corrected chi connectivity index (χ4v) is 3.40. The lowest BCUT2D eigenvalue weighted by Crippen LogP contribution is -2.26. The van der Waals surface area contributed by atoms with Crippen LogP contribution in [0.25, 0.3) is 0 Å². The topological polar surface area (TPSA) is 15.6 Å². The Hall–Kier alpha value is -0.870. The van der Waals surface area contributed by atoms with Crippen molar-refractivity contribution in [3.05, 3.63) is 69.7 Å². The van der Waals surface area contributed by atoms with Gasteiger partial charge in [-0.05, 0) is 45.1 Å². The first-order valence-corrected chi connectivity index (χ1v) is 8.50. The minimum atomic E-state index is 0. The minimum absolute atomic E-state index is 0. The van der Waals surface area contributed by atoms with Crippen molar-refractivity contribution in [2.75, 3.05) is 20.6 Å². The molecule has 0 radical (unpaired) electrons. The molecule has 0 saturated carbocycles. The quantitative estimate of drug-likeness (QED) is 0.667. The van der Waals surface area contributed by atoms with E-state index in [1.807, 2.05) is 6.07 Å². The number of rotatable bonds is 4. The van der Waals surface area contributed by atoms with Gasteiger partial charge in [0, 0.05) is 15.6 Å². The number of hydrogen-bond acceptors (Lipinski definition) is 2. The van der Waals surface area contributed by atoms with Crippen LogP contribution < -0.4 is 0 Å². The molecule has 1 aliphatic rings. The van der Waals surface area contributed by atoms with Gasteiger partial charge in [0.05, 0.1) is 11.8 Å². The lowest BCUT2D eigenvalue weighted by molar-refractivity contribution is 0.379. The molecule has 130 valence electrons. The molecule has 0 spiro atoms. The van der Waals surface area contributed by atoms with Gasteiger partial charge in [0.25, 0.3) is 0 Å². The number of benzene rings is 2. The van der Waals surface area contributed by atoms with Gasteiger partial charge in [-0.3, -0.25) is 4.99 Å². The summed E-state index contributed by atoms with van der Waals surface area (Å²) in [5.74, 6) is 0. The fraction of sp³-hybridized carbons (Fsp3) is 0.316. The van der Waals surface area contributed by atoms with Crippen LogP contribution in [0.4, 0.5) is 0 Å². The summed E-state index contributed by atoms with van der Waals surface area (Å²) < 4.78 is 1.11. The summed E-state index contributed by atoms with van der Waals surface area (Å²) in [5, 5.41) is 0. The highest BCUT2D eigenvalue weighted by atomic mass is 79.9.